The molecule has 23 heavy (non-hydrogen) atoms. The van der Waals surface area contributed by atoms with Gasteiger partial charge in [0.25, 0.3) is 5.91 Å². The van der Waals surface area contributed by atoms with Gasteiger partial charge in [-0.15, -0.1) is 0 Å². The average molecular weight is 325 g/mol. The summed E-state index contributed by atoms with van der Waals surface area (Å²) in [5.41, 5.74) is 6.20. The Bertz CT molecular complexity index is 466. The van der Waals surface area contributed by atoms with E-state index in [1.807, 2.05) is 6.92 Å². The number of allylic oxidation sites excluding steroid dienone is 3. The van der Waals surface area contributed by atoms with Gasteiger partial charge in [-0.3, -0.25) is 4.79 Å². The van der Waals surface area contributed by atoms with Gasteiger partial charge in [-0.2, -0.15) is 0 Å². The molecular weight excluding hydrogens is 298 g/mol. The van der Waals surface area contributed by atoms with Gasteiger partial charge in [-0.1, -0.05) is 6.08 Å². The molecule has 0 aromatic heterocycles. The minimum atomic E-state index is -0.442. The quantitative estimate of drug-likeness (QED) is 0.224. The van der Waals surface area contributed by atoms with Crippen molar-refractivity contribution in [1.29, 1.82) is 0 Å². The molecule has 0 aliphatic heterocycles. The highest BCUT2D eigenvalue weighted by Crippen LogP contribution is 1.99. The van der Waals surface area contributed by atoms with Crippen LogP contribution in [0.2, 0.25) is 0 Å². The van der Waals surface area contributed by atoms with Gasteiger partial charge in [0.15, 0.2) is 0 Å². The molecule has 2 amide bonds. The number of hydrogen-bond acceptors (Lipinski definition) is 5. The lowest BCUT2D eigenvalue weighted by Crippen LogP contribution is -2.34. The predicted molar refractivity (Wildman–Crippen MR) is 89.7 cm³/mol. The number of nitrogens with one attached hydrogen (secondary N) is 2. The van der Waals surface area contributed by atoms with Crippen LogP contribution in [0, 0.1) is 0 Å². The molecule has 7 heteroatoms. The topological polar surface area (TPSA) is 114 Å². The van der Waals surface area contributed by atoms with Crippen molar-refractivity contribution in [2.75, 3.05) is 13.2 Å². The molecule has 0 saturated carbocycles. The number of ether oxygens (including phenoxy) is 1. The number of alkyl carbamates (subject to hydrolysis) is 1. The first-order valence-corrected chi connectivity index (χ1v) is 7.57. The van der Waals surface area contributed by atoms with Gasteiger partial charge in [0.05, 0.1) is 18.4 Å². The van der Waals surface area contributed by atoms with Crippen molar-refractivity contribution >= 4 is 12.0 Å². The van der Waals surface area contributed by atoms with E-state index in [0.717, 1.165) is 6.26 Å². The number of carbonyl (C=O) groups excluding carboxylic acids is 2. The lowest BCUT2D eigenvalue weighted by atomic mass is 10.2. The first-order valence-electron chi connectivity index (χ1n) is 7.57. The Labute approximate surface area is 137 Å². The zero-order valence-corrected chi connectivity index (χ0v) is 14.0. The largest absolute Gasteiger partial charge is 0.515 e. The number of hydrogen-bond donors (Lipinski definition) is 4. The Morgan fingerprint density at radius 1 is 1.39 bits per heavy atom. The summed E-state index contributed by atoms with van der Waals surface area (Å²) in [6.45, 7) is 6.09. The fourth-order valence-corrected chi connectivity index (χ4v) is 1.64. The van der Waals surface area contributed by atoms with Crippen LogP contribution in [0.4, 0.5) is 4.79 Å². The third kappa shape index (κ3) is 10.9. The lowest BCUT2D eigenvalue weighted by molar-refractivity contribution is -0.117. The standard InChI is InChI=1S/C16H27N3O4/c1-4-23-16(22)19-13(3)8-6-10-18-15(21)14(11-20)9-5-7-12(2)17/h5,7,9,11,13,20H,4,6,8,10,17H2,1-3H3,(H,18,21)(H,19,22)/b9-5-,12-7+,14-11-. The first-order chi connectivity index (χ1) is 10.9. The highest BCUT2D eigenvalue weighted by atomic mass is 16.5. The fourth-order valence-electron chi connectivity index (χ4n) is 1.64. The van der Waals surface area contributed by atoms with Crippen LogP contribution in [-0.2, 0) is 9.53 Å². The van der Waals surface area contributed by atoms with E-state index in [1.54, 1.807) is 26.0 Å². The maximum atomic E-state index is 11.8. The molecule has 0 rings (SSSR count). The van der Waals surface area contributed by atoms with Crippen LogP contribution < -0.4 is 16.4 Å². The summed E-state index contributed by atoms with van der Waals surface area (Å²) >= 11 is 0. The van der Waals surface area contributed by atoms with E-state index < -0.39 is 6.09 Å². The van der Waals surface area contributed by atoms with Crippen molar-refractivity contribution in [2.45, 2.75) is 39.7 Å². The summed E-state index contributed by atoms with van der Waals surface area (Å²) < 4.78 is 4.78. The highest BCUT2D eigenvalue weighted by Gasteiger charge is 2.08. The molecule has 0 aromatic rings. The number of aliphatic hydroxyl groups excluding tert-OH is 1. The lowest BCUT2D eigenvalue weighted by Gasteiger charge is -2.13. The molecule has 5 N–H and O–H groups in total. The second-order valence-corrected chi connectivity index (χ2v) is 5.02. The van der Waals surface area contributed by atoms with E-state index in [1.165, 1.54) is 6.08 Å². The van der Waals surface area contributed by atoms with Crippen LogP contribution in [-0.4, -0.2) is 36.3 Å². The summed E-state index contributed by atoms with van der Waals surface area (Å²) in [5, 5.41) is 14.4. The number of amides is 2. The van der Waals surface area contributed by atoms with E-state index in [0.29, 0.717) is 31.7 Å². The molecule has 130 valence electrons. The van der Waals surface area contributed by atoms with Crippen molar-refractivity contribution in [3.05, 3.63) is 35.8 Å². The molecule has 1 unspecified atom stereocenters. The highest BCUT2D eigenvalue weighted by molar-refractivity contribution is 5.95. The van der Waals surface area contributed by atoms with Gasteiger partial charge in [0.1, 0.15) is 0 Å². The van der Waals surface area contributed by atoms with Crippen molar-refractivity contribution in [3.63, 3.8) is 0 Å². The molecule has 0 bridgehead atoms. The summed E-state index contributed by atoms with van der Waals surface area (Å²) in [5.74, 6) is -0.377. The molecule has 1 atom stereocenters. The normalized spacial score (nSPS) is 13.7. The number of rotatable bonds is 9. The maximum Gasteiger partial charge on any atom is 0.407 e. The van der Waals surface area contributed by atoms with Gasteiger partial charge in [0, 0.05) is 18.3 Å². The van der Waals surface area contributed by atoms with Gasteiger partial charge < -0.3 is 26.2 Å². The Kier molecular flexibility index (Phi) is 10.9. The predicted octanol–water partition coefficient (Wildman–Crippen LogP) is 1.88. The molecule has 0 spiro atoms. The fraction of sp³-hybridized carbons (Fsp3) is 0.500. The second-order valence-electron chi connectivity index (χ2n) is 5.02. The maximum absolute atomic E-state index is 11.8. The molecule has 7 nitrogen and oxygen atoms in total. The van der Waals surface area contributed by atoms with Crippen molar-refractivity contribution in [1.82, 2.24) is 10.6 Å². The van der Waals surface area contributed by atoms with E-state index in [2.05, 4.69) is 10.6 Å². The average Bonchev–Trinajstić information content (AvgIpc) is 2.47. The second kappa shape index (κ2) is 12.1. The minimum absolute atomic E-state index is 0.0450. The summed E-state index contributed by atoms with van der Waals surface area (Å²) in [7, 11) is 0. The molecule has 0 aromatic carbocycles. The van der Waals surface area contributed by atoms with Crippen molar-refractivity contribution in [3.8, 4) is 0 Å². The monoisotopic (exact) mass is 325 g/mol. The number of aliphatic hydroxyl groups is 1. The number of nitrogens with two attached hydrogens (primary N) is 1. The van der Waals surface area contributed by atoms with Gasteiger partial charge in [0.2, 0.25) is 0 Å². The Morgan fingerprint density at radius 3 is 2.65 bits per heavy atom. The number of carbonyl (C=O) groups is 2. The zero-order valence-electron chi connectivity index (χ0n) is 14.0. The molecule has 0 heterocycles. The molecule has 0 saturated heterocycles. The van der Waals surface area contributed by atoms with Gasteiger partial charge in [-0.25, -0.2) is 4.79 Å². The van der Waals surface area contributed by atoms with Crippen LogP contribution >= 0.6 is 0 Å². The summed E-state index contributed by atoms with van der Waals surface area (Å²) in [6, 6.07) is -0.0450. The van der Waals surface area contributed by atoms with Crippen LogP contribution in [0.1, 0.15) is 33.6 Å². The smallest absolute Gasteiger partial charge is 0.407 e. The molecule has 0 fully saturated rings. The first kappa shape index (κ1) is 20.6. The van der Waals surface area contributed by atoms with Crippen LogP contribution in [0.3, 0.4) is 0 Å². The van der Waals surface area contributed by atoms with Crippen LogP contribution in [0.5, 0.6) is 0 Å². The third-order valence-corrected chi connectivity index (χ3v) is 2.78. The van der Waals surface area contributed by atoms with E-state index in [9.17, 15) is 9.59 Å². The van der Waals surface area contributed by atoms with Crippen molar-refractivity contribution in [2.24, 2.45) is 5.73 Å². The van der Waals surface area contributed by atoms with Gasteiger partial charge in [-0.05, 0) is 45.8 Å². The third-order valence-electron chi connectivity index (χ3n) is 2.78. The van der Waals surface area contributed by atoms with Crippen LogP contribution in [0.25, 0.3) is 0 Å². The Balaban J connectivity index is 4.07. The summed E-state index contributed by atoms with van der Waals surface area (Å²) in [4.78, 5) is 23.0. The molecule has 0 aliphatic rings. The van der Waals surface area contributed by atoms with E-state index in [-0.39, 0.29) is 17.5 Å². The SMILES string of the molecule is CCOC(=O)NC(C)CCCNC(=O)C(/C=C\C=C(/C)N)=C\O. The molecule has 0 radical (unpaired) electrons. The molecular formula is C16H27N3O4. The summed E-state index contributed by atoms with van der Waals surface area (Å²) in [6.07, 6.45) is 6.36. The van der Waals surface area contributed by atoms with Gasteiger partial charge >= 0.3 is 6.09 Å². The van der Waals surface area contributed by atoms with E-state index >= 15 is 0 Å². The molecule has 0 aliphatic carbocycles. The zero-order chi connectivity index (χ0) is 17.7. The van der Waals surface area contributed by atoms with Crippen molar-refractivity contribution < 1.29 is 19.4 Å². The Morgan fingerprint density at radius 2 is 2.09 bits per heavy atom. The Hall–Kier alpha value is -2.44. The van der Waals surface area contributed by atoms with E-state index in [4.69, 9.17) is 15.6 Å². The minimum Gasteiger partial charge on any atom is -0.515 e. The van der Waals surface area contributed by atoms with Crippen LogP contribution in [0.15, 0.2) is 35.8 Å².